The van der Waals surface area contributed by atoms with Crippen LogP contribution in [0, 0.1) is 19.3 Å². The van der Waals surface area contributed by atoms with Gasteiger partial charge in [-0.05, 0) is 51.5 Å². The lowest BCUT2D eigenvalue weighted by molar-refractivity contribution is 0.0930. The number of aromatic nitrogens is 1. The van der Waals surface area contributed by atoms with Crippen LogP contribution in [-0.4, -0.2) is 54.7 Å². The van der Waals surface area contributed by atoms with Crippen LogP contribution in [0.2, 0.25) is 0 Å². The summed E-state index contributed by atoms with van der Waals surface area (Å²) in [6.07, 6.45) is 4.92. The molecule has 1 spiro atoms. The molecule has 1 aromatic heterocycles. The molecule has 2 aliphatic heterocycles. The van der Waals surface area contributed by atoms with Crippen molar-refractivity contribution in [2.75, 3.05) is 31.9 Å². The van der Waals surface area contributed by atoms with Crippen molar-refractivity contribution in [2.45, 2.75) is 59.4 Å². The van der Waals surface area contributed by atoms with E-state index in [-0.39, 0.29) is 5.41 Å². The normalized spacial score (nSPS) is 25.9. The quantitative estimate of drug-likeness (QED) is 0.771. The first-order chi connectivity index (χ1) is 11.9. The standard InChI is InChI=1S/C18H31N3O3S/c1-4-5-11-25(22,23)21-10-8-18(14-21)7-6-9-20(13-18)12-17-15(2)19-24-16(17)3/h4-14H2,1-3H3/t18-/m1/s1. The van der Waals surface area contributed by atoms with Crippen LogP contribution in [0.4, 0.5) is 0 Å². The van der Waals surface area contributed by atoms with Crippen molar-refractivity contribution >= 4 is 10.0 Å². The lowest BCUT2D eigenvalue weighted by Crippen LogP contribution is -2.45. The van der Waals surface area contributed by atoms with Gasteiger partial charge in [-0.3, -0.25) is 4.90 Å². The molecule has 1 aromatic rings. The number of piperidine rings is 1. The smallest absolute Gasteiger partial charge is 0.214 e. The maximum absolute atomic E-state index is 12.5. The Morgan fingerprint density at radius 1 is 1.20 bits per heavy atom. The topological polar surface area (TPSA) is 66.7 Å². The molecule has 0 saturated carbocycles. The van der Waals surface area contributed by atoms with E-state index in [0.29, 0.717) is 18.8 Å². The SMILES string of the molecule is CCCCS(=O)(=O)N1CC[C@@]2(CCCN(Cc3c(C)noc3C)C2)C1. The number of rotatable bonds is 6. The molecule has 0 aliphatic carbocycles. The number of likely N-dealkylation sites (tertiary alicyclic amines) is 1. The van der Waals surface area contributed by atoms with E-state index in [1.54, 1.807) is 4.31 Å². The van der Waals surface area contributed by atoms with Gasteiger partial charge in [-0.2, -0.15) is 0 Å². The fourth-order valence-corrected chi connectivity index (χ4v) is 6.07. The number of aryl methyl sites for hydroxylation is 2. The van der Waals surface area contributed by atoms with Gasteiger partial charge < -0.3 is 4.52 Å². The van der Waals surface area contributed by atoms with Crippen LogP contribution >= 0.6 is 0 Å². The molecule has 2 aliphatic rings. The molecule has 0 amide bonds. The van der Waals surface area contributed by atoms with Crippen molar-refractivity contribution in [3.05, 3.63) is 17.0 Å². The number of unbranched alkanes of at least 4 members (excludes halogenated alkanes) is 1. The monoisotopic (exact) mass is 369 g/mol. The second kappa shape index (κ2) is 7.37. The third-order valence-electron chi connectivity index (χ3n) is 5.86. The first-order valence-electron chi connectivity index (χ1n) is 9.47. The molecule has 0 N–H and O–H groups in total. The Morgan fingerprint density at radius 2 is 2.00 bits per heavy atom. The summed E-state index contributed by atoms with van der Waals surface area (Å²) in [7, 11) is -3.09. The molecule has 7 heteroatoms. The lowest BCUT2D eigenvalue weighted by atomic mass is 9.79. The van der Waals surface area contributed by atoms with Crippen molar-refractivity contribution in [1.82, 2.24) is 14.4 Å². The molecular weight excluding hydrogens is 338 g/mol. The minimum atomic E-state index is -3.09. The molecule has 6 nitrogen and oxygen atoms in total. The Balaban J connectivity index is 1.65. The van der Waals surface area contributed by atoms with E-state index in [2.05, 4.69) is 10.1 Å². The van der Waals surface area contributed by atoms with Crippen LogP contribution in [0.25, 0.3) is 0 Å². The van der Waals surface area contributed by atoms with Gasteiger partial charge in [0.25, 0.3) is 0 Å². The van der Waals surface area contributed by atoms with Gasteiger partial charge in [-0.15, -0.1) is 0 Å². The second-order valence-corrected chi connectivity index (χ2v) is 9.96. The predicted molar refractivity (Wildman–Crippen MR) is 97.8 cm³/mol. The molecule has 2 fully saturated rings. The third-order valence-corrected chi connectivity index (χ3v) is 7.76. The van der Waals surface area contributed by atoms with Crippen LogP contribution in [-0.2, 0) is 16.6 Å². The Morgan fingerprint density at radius 3 is 2.68 bits per heavy atom. The molecule has 142 valence electrons. The summed E-state index contributed by atoms with van der Waals surface area (Å²) in [6.45, 7) is 10.3. The molecular formula is C18H31N3O3S. The van der Waals surface area contributed by atoms with Crippen LogP contribution in [0.3, 0.4) is 0 Å². The van der Waals surface area contributed by atoms with Gasteiger partial charge >= 0.3 is 0 Å². The zero-order valence-corrected chi connectivity index (χ0v) is 16.6. The number of sulfonamides is 1. The van der Waals surface area contributed by atoms with Gasteiger partial charge in [0.15, 0.2) is 0 Å². The van der Waals surface area contributed by atoms with E-state index in [9.17, 15) is 8.42 Å². The van der Waals surface area contributed by atoms with Gasteiger partial charge in [0, 0.05) is 31.7 Å². The summed E-state index contributed by atoms with van der Waals surface area (Å²) in [4.78, 5) is 2.46. The Kier molecular flexibility index (Phi) is 5.56. The highest BCUT2D eigenvalue weighted by Gasteiger charge is 2.44. The minimum absolute atomic E-state index is 0.122. The number of hydrogen-bond donors (Lipinski definition) is 0. The highest BCUT2D eigenvalue weighted by molar-refractivity contribution is 7.89. The molecule has 2 saturated heterocycles. The molecule has 0 bridgehead atoms. The van der Waals surface area contributed by atoms with E-state index >= 15 is 0 Å². The number of hydrogen-bond acceptors (Lipinski definition) is 5. The van der Waals surface area contributed by atoms with E-state index < -0.39 is 10.0 Å². The van der Waals surface area contributed by atoms with Crippen molar-refractivity contribution in [3.63, 3.8) is 0 Å². The van der Waals surface area contributed by atoms with Gasteiger partial charge in [-0.1, -0.05) is 18.5 Å². The van der Waals surface area contributed by atoms with E-state index in [4.69, 9.17) is 4.52 Å². The summed E-state index contributed by atoms with van der Waals surface area (Å²) in [6, 6.07) is 0. The largest absolute Gasteiger partial charge is 0.361 e. The molecule has 3 rings (SSSR count). The maximum atomic E-state index is 12.5. The zero-order valence-electron chi connectivity index (χ0n) is 15.8. The van der Waals surface area contributed by atoms with Crippen molar-refractivity contribution < 1.29 is 12.9 Å². The molecule has 25 heavy (non-hydrogen) atoms. The summed E-state index contributed by atoms with van der Waals surface area (Å²) in [5.74, 6) is 1.19. The average molecular weight is 370 g/mol. The molecule has 0 unspecified atom stereocenters. The van der Waals surface area contributed by atoms with Gasteiger partial charge in [0.1, 0.15) is 5.76 Å². The zero-order chi connectivity index (χ0) is 18.1. The molecule has 0 radical (unpaired) electrons. The summed E-state index contributed by atoms with van der Waals surface area (Å²) < 4.78 is 32.1. The highest BCUT2D eigenvalue weighted by atomic mass is 32.2. The second-order valence-electron chi connectivity index (χ2n) is 7.87. The van der Waals surface area contributed by atoms with Crippen LogP contribution in [0.5, 0.6) is 0 Å². The highest BCUT2D eigenvalue weighted by Crippen LogP contribution is 2.40. The summed E-state index contributed by atoms with van der Waals surface area (Å²) >= 11 is 0. The van der Waals surface area contributed by atoms with E-state index in [1.807, 2.05) is 20.8 Å². The van der Waals surface area contributed by atoms with Crippen molar-refractivity contribution in [3.8, 4) is 0 Å². The van der Waals surface area contributed by atoms with E-state index in [0.717, 1.165) is 63.2 Å². The molecule has 3 heterocycles. The molecule has 1 atom stereocenters. The summed E-state index contributed by atoms with van der Waals surface area (Å²) in [5, 5.41) is 4.05. The van der Waals surface area contributed by atoms with Crippen LogP contribution < -0.4 is 0 Å². The minimum Gasteiger partial charge on any atom is -0.361 e. The number of nitrogens with zero attached hydrogens (tertiary/aromatic N) is 3. The molecule has 0 aromatic carbocycles. The van der Waals surface area contributed by atoms with Gasteiger partial charge in [-0.25, -0.2) is 12.7 Å². The average Bonchev–Trinajstić information content (AvgIpc) is 3.12. The van der Waals surface area contributed by atoms with Crippen molar-refractivity contribution in [1.29, 1.82) is 0 Å². The lowest BCUT2D eigenvalue weighted by Gasteiger charge is -2.40. The Bertz CT molecular complexity index is 681. The van der Waals surface area contributed by atoms with Gasteiger partial charge in [0.05, 0.1) is 11.4 Å². The summed E-state index contributed by atoms with van der Waals surface area (Å²) in [5.41, 5.74) is 2.27. The van der Waals surface area contributed by atoms with Gasteiger partial charge in [0.2, 0.25) is 10.0 Å². The maximum Gasteiger partial charge on any atom is 0.214 e. The fraction of sp³-hybridized carbons (Fsp3) is 0.833. The van der Waals surface area contributed by atoms with E-state index in [1.165, 1.54) is 5.56 Å². The van der Waals surface area contributed by atoms with Crippen LogP contribution in [0.1, 0.15) is 56.0 Å². The first-order valence-corrected chi connectivity index (χ1v) is 11.1. The Hall–Kier alpha value is -0.920. The fourth-order valence-electron chi connectivity index (χ4n) is 4.32. The Labute approximate surface area is 151 Å². The third kappa shape index (κ3) is 4.09. The predicted octanol–water partition coefficient (Wildman–Crippen LogP) is 2.71. The van der Waals surface area contributed by atoms with Crippen molar-refractivity contribution in [2.24, 2.45) is 5.41 Å². The first kappa shape index (κ1) is 18.9. The van der Waals surface area contributed by atoms with Crippen LogP contribution in [0.15, 0.2) is 4.52 Å².